The zero-order valence-electron chi connectivity index (χ0n) is 11.9. The predicted molar refractivity (Wildman–Crippen MR) is 82.4 cm³/mol. The molecule has 0 aromatic heterocycles. The number of likely N-dealkylation sites (tertiary alicyclic amines) is 1. The van der Waals surface area contributed by atoms with Crippen molar-refractivity contribution in [1.82, 2.24) is 4.90 Å². The Bertz CT molecular complexity index is 516. The minimum Gasteiger partial charge on any atom is -0.374 e. The molecule has 3 aliphatic rings. The van der Waals surface area contributed by atoms with Crippen LogP contribution in [-0.4, -0.2) is 36.1 Å². The van der Waals surface area contributed by atoms with E-state index in [2.05, 4.69) is 0 Å². The van der Waals surface area contributed by atoms with E-state index < -0.39 is 0 Å². The van der Waals surface area contributed by atoms with Crippen molar-refractivity contribution in [3.8, 4) is 0 Å². The van der Waals surface area contributed by atoms with Gasteiger partial charge in [-0.3, -0.25) is 4.79 Å². The molecule has 114 valence electrons. The molecule has 3 aliphatic heterocycles. The third-order valence-electron chi connectivity index (χ3n) is 5.18. The fourth-order valence-electron chi connectivity index (χ4n) is 4.09. The molecule has 0 spiro atoms. The van der Waals surface area contributed by atoms with Crippen molar-refractivity contribution < 1.29 is 9.53 Å². The summed E-state index contributed by atoms with van der Waals surface area (Å²) in [7, 11) is 0. The summed E-state index contributed by atoms with van der Waals surface area (Å²) in [6.45, 7) is 2.25. The fourth-order valence-corrected chi connectivity index (χ4v) is 4.09. The first-order valence-corrected chi connectivity index (χ1v) is 7.50. The van der Waals surface area contributed by atoms with Crippen LogP contribution in [0.2, 0.25) is 0 Å². The average molecular weight is 309 g/mol. The molecule has 21 heavy (non-hydrogen) atoms. The van der Waals surface area contributed by atoms with E-state index in [1.54, 1.807) is 0 Å². The highest BCUT2D eigenvalue weighted by molar-refractivity contribution is 5.94. The maximum atomic E-state index is 12.6. The van der Waals surface area contributed by atoms with Gasteiger partial charge in [0.05, 0.1) is 12.2 Å². The Labute approximate surface area is 131 Å². The first-order valence-electron chi connectivity index (χ1n) is 7.50. The van der Waals surface area contributed by atoms with Gasteiger partial charge in [-0.15, -0.1) is 12.4 Å². The first-order chi connectivity index (χ1) is 9.76. The molecule has 2 bridgehead atoms. The lowest BCUT2D eigenvalue weighted by Gasteiger charge is -2.19. The lowest BCUT2D eigenvalue weighted by Crippen LogP contribution is -2.31. The number of carbonyl (C=O) groups excluding carboxylic acids is 1. The zero-order valence-corrected chi connectivity index (χ0v) is 12.7. The Morgan fingerprint density at radius 3 is 2.24 bits per heavy atom. The molecule has 3 fully saturated rings. The van der Waals surface area contributed by atoms with Crippen LogP contribution in [0.1, 0.15) is 28.8 Å². The topological polar surface area (TPSA) is 55.6 Å². The van der Waals surface area contributed by atoms with Gasteiger partial charge in [-0.2, -0.15) is 0 Å². The molecule has 1 aromatic rings. The number of ether oxygens (including phenoxy) is 1. The number of nitrogens with zero attached hydrogens (tertiary/aromatic N) is 1. The third-order valence-corrected chi connectivity index (χ3v) is 5.18. The second kappa shape index (κ2) is 5.59. The van der Waals surface area contributed by atoms with E-state index >= 15 is 0 Å². The van der Waals surface area contributed by atoms with Gasteiger partial charge < -0.3 is 15.4 Å². The molecule has 4 rings (SSSR count). The summed E-state index contributed by atoms with van der Waals surface area (Å²) in [6, 6.07) is 7.67. The Kier molecular flexibility index (Phi) is 3.95. The summed E-state index contributed by atoms with van der Waals surface area (Å²) in [5.41, 5.74) is 7.42. The van der Waals surface area contributed by atoms with Crippen LogP contribution in [0.15, 0.2) is 24.3 Å². The molecule has 4 atom stereocenters. The number of rotatable bonds is 2. The highest BCUT2D eigenvalue weighted by Gasteiger charge is 2.53. The predicted octanol–water partition coefficient (Wildman–Crippen LogP) is 1.82. The van der Waals surface area contributed by atoms with Crippen molar-refractivity contribution in [1.29, 1.82) is 0 Å². The van der Waals surface area contributed by atoms with Crippen LogP contribution in [0.4, 0.5) is 0 Å². The molecule has 3 heterocycles. The Morgan fingerprint density at radius 2 is 1.71 bits per heavy atom. The number of carbonyl (C=O) groups is 1. The summed E-state index contributed by atoms with van der Waals surface area (Å²) in [5.74, 6) is 1.30. The van der Waals surface area contributed by atoms with Gasteiger partial charge in [0.2, 0.25) is 0 Å². The molecule has 1 aromatic carbocycles. The Morgan fingerprint density at radius 1 is 1.14 bits per heavy atom. The molecule has 4 unspecified atom stereocenters. The van der Waals surface area contributed by atoms with Gasteiger partial charge in [-0.25, -0.2) is 0 Å². The van der Waals surface area contributed by atoms with Crippen molar-refractivity contribution in [2.75, 3.05) is 13.1 Å². The van der Waals surface area contributed by atoms with Crippen LogP contribution >= 0.6 is 12.4 Å². The van der Waals surface area contributed by atoms with Gasteiger partial charge in [0.1, 0.15) is 0 Å². The maximum absolute atomic E-state index is 12.6. The van der Waals surface area contributed by atoms with Gasteiger partial charge >= 0.3 is 0 Å². The number of hydrogen-bond donors (Lipinski definition) is 1. The van der Waals surface area contributed by atoms with E-state index in [9.17, 15) is 4.79 Å². The molecule has 2 N–H and O–H groups in total. The summed E-state index contributed by atoms with van der Waals surface area (Å²) < 4.78 is 5.95. The molecule has 0 aliphatic carbocycles. The molecular formula is C16H21ClN2O2. The monoisotopic (exact) mass is 308 g/mol. The minimum absolute atomic E-state index is 0. The summed E-state index contributed by atoms with van der Waals surface area (Å²) in [6.07, 6.45) is 3.17. The lowest BCUT2D eigenvalue weighted by molar-refractivity contribution is 0.0594. The van der Waals surface area contributed by atoms with Gasteiger partial charge in [-0.1, -0.05) is 12.1 Å². The molecule has 0 saturated carbocycles. The van der Waals surface area contributed by atoms with E-state index in [0.29, 0.717) is 30.6 Å². The number of benzene rings is 1. The summed E-state index contributed by atoms with van der Waals surface area (Å²) in [4.78, 5) is 14.6. The minimum atomic E-state index is 0. The summed E-state index contributed by atoms with van der Waals surface area (Å²) >= 11 is 0. The first kappa shape index (κ1) is 14.8. The van der Waals surface area contributed by atoms with E-state index in [0.717, 1.165) is 24.2 Å². The maximum Gasteiger partial charge on any atom is 0.253 e. The highest BCUT2D eigenvalue weighted by Crippen LogP contribution is 2.47. The fraction of sp³-hybridized carbons (Fsp3) is 0.562. The van der Waals surface area contributed by atoms with E-state index in [-0.39, 0.29) is 18.3 Å². The van der Waals surface area contributed by atoms with Crippen molar-refractivity contribution >= 4 is 18.3 Å². The van der Waals surface area contributed by atoms with Crippen LogP contribution in [0.25, 0.3) is 0 Å². The normalized spacial score (nSPS) is 32.9. The zero-order chi connectivity index (χ0) is 13.7. The van der Waals surface area contributed by atoms with Gasteiger partial charge in [0.15, 0.2) is 0 Å². The van der Waals surface area contributed by atoms with Gasteiger partial charge in [0, 0.05) is 37.0 Å². The second-order valence-electron chi connectivity index (χ2n) is 6.23. The van der Waals surface area contributed by atoms with Crippen LogP contribution in [0.3, 0.4) is 0 Å². The van der Waals surface area contributed by atoms with Crippen molar-refractivity contribution in [3.63, 3.8) is 0 Å². The smallest absolute Gasteiger partial charge is 0.253 e. The third kappa shape index (κ3) is 2.35. The molecule has 3 saturated heterocycles. The molecule has 0 radical (unpaired) electrons. The van der Waals surface area contributed by atoms with E-state index in [1.807, 2.05) is 29.2 Å². The molecule has 1 amide bonds. The van der Waals surface area contributed by atoms with Gasteiger partial charge in [-0.05, 0) is 30.5 Å². The number of amides is 1. The van der Waals surface area contributed by atoms with Crippen molar-refractivity contribution in [2.24, 2.45) is 17.6 Å². The standard InChI is InChI=1S/C16H20N2O2.ClH/c17-7-10-1-3-11(4-2-10)16(19)18-8-12-13(9-18)15-6-5-14(12)20-15;/h1-4,12-15H,5-9,17H2;1H. The van der Waals surface area contributed by atoms with Crippen LogP contribution < -0.4 is 5.73 Å². The average Bonchev–Trinajstić information content (AvgIpc) is 3.18. The lowest BCUT2D eigenvalue weighted by atomic mass is 9.82. The van der Waals surface area contributed by atoms with Crippen LogP contribution in [0.5, 0.6) is 0 Å². The van der Waals surface area contributed by atoms with E-state index in [1.165, 1.54) is 12.8 Å². The molecular weight excluding hydrogens is 288 g/mol. The molecule has 4 nitrogen and oxygen atoms in total. The Balaban J connectivity index is 0.00000132. The highest BCUT2D eigenvalue weighted by atomic mass is 35.5. The number of hydrogen-bond acceptors (Lipinski definition) is 3. The summed E-state index contributed by atoms with van der Waals surface area (Å²) in [5, 5.41) is 0. The van der Waals surface area contributed by atoms with Crippen molar-refractivity contribution in [3.05, 3.63) is 35.4 Å². The molecule has 5 heteroatoms. The van der Waals surface area contributed by atoms with Crippen LogP contribution in [0, 0.1) is 11.8 Å². The SMILES string of the molecule is Cl.NCc1ccc(C(=O)N2CC3C4CCC(O4)C3C2)cc1. The number of nitrogens with two attached hydrogens (primary N) is 1. The van der Waals surface area contributed by atoms with Crippen molar-refractivity contribution in [2.45, 2.75) is 31.6 Å². The van der Waals surface area contributed by atoms with Gasteiger partial charge in [0.25, 0.3) is 5.91 Å². The largest absolute Gasteiger partial charge is 0.374 e. The number of fused-ring (bicyclic) bond motifs is 5. The van der Waals surface area contributed by atoms with E-state index in [4.69, 9.17) is 10.5 Å². The number of halogens is 1. The second-order valence-corrected chi connectivity index (χ2v) is 6.23. The Hall–Kier alpha value is -1.10. The quantitative estimate of drug-likeness (QED) is 0.906. The van der Waals surface area contributed by atoms with Crippen LogP contribution in [-0.2, 0) is 11.3 Å².